The van der Waals surface area contributed by atoms with Gasteiger partial charge in [0, 0.05) is 16.8 Å². The van der Waals surface area contributed by atoms with Crippen LogP contribution in [0.5, 0.6) is 0 Å². The minimum atomic E-state index is 0.737. The van der Waals surface area contributed by atoms with Crippen molar-refractivity contribution >= 4 is 16.6 Å². The first-order valence-electron chi connectivity index (χ1n) is 3.74. The number of nitrogens with two attached hydrogens (primary N) is 1. The second-order valence-electron chi connectivity index (χ2n) is 2.74. The summed E-state index contributed by atoms with van der Waals surface area (Å²) in [6, 6.07) is 5.66. The molecule has 0 saturated heterocycles. The lowest BCUT2D eigenvalue weighted by molar-refractivity contribution is 1.15. The second kappa shape index (κ2) is 2.44. The highest BCUT2D eigenvalue weighted by molar-refractivity contribution is 5.83. The van der Waals surface area contributed by atoms with Gasteiger partial charge in [-0.25, -0.2) is 9.97 Å². The number of anilines is 1. The largest absolute Gasteiger partial charge is 0.399 e. The fourth-order valence-electron chi connectivity index (χ4n) is 1.21. The monoisotopic (exact) mass is 159 g/mol. The molecular weight excluding hydrogens is 150 g/mol. The molecule has 60 valence electrons. The van der Waals surface area contributed by atoms with Crippen LogP contribution in [-0.2, 0) is 0 Å². The Balaban J connectivity index is 2.86. The molecule has 2 aromatic rings. The van der Waals surface area contributed by atoms with Crippen LogP contribution >= 0.6 is 0 Å². The number of hydrogen-bond donors (Lipinski definition) is 1. The number of nitrogen functional groups attached to an aromatic ring is 1. The van der Waals surface area contributed by atoms with Crippen LogP contribution in [-0.4, -0.2) is 9.97 Å². The van der Waals surface area contributed by atoms with Gasteiger partial charge in [0.25, 0.3) is 0 Å². The molecule has 0 aliphatic rings. The molecular formula is C9H9N3. The molecule has 0 radical (unpaired) electrons. The number of rotatable bonds is 0. The smallest absolute Gasteiger partial charge is 0.116 e. The van der Waals surface area contributed by atoms with Crippen LogP contribution in [0, 0.1) is 6.92 Å². The summed E-state index contributed by atoms with van der Waals surface area (Å²) in [7, 11) is 0. The van der Waals surface area contributed by atoms with Crippen molar-refractivity contribution in [3.63, 3.8) is 0 Å². The zero-order valence-corrected chi connectivity index (χ0v) is 6.78. The molecule has 1 aromatic carbocycles. The van der Waals surface area contributed by atoms with E-state index in [-0.39, 0.29) is 0 Å². The number of benzene rings is 1. The summed E-state index contributed by atoms with van der Waals surface area (Å²) in [5.41, 5.74) is 8.24. The van der Waals surface area contributed by atoms with E-state index in [1.54, 1.807) is 6.33 Å². The van der Waals surface area contributed by atoms with Crippen molar-refractivity contribution < 1.29 is 0 Å². The molecule has 2 rings (SSSR count). The van der Waals surface area contributed by atoms with Gasteiger partial charge < -0.3 is 5.73 Å². The molecule has 1 aromatic heterocycles. The average Bonchev–Trinajstić information content (AvgIpc) is 2.04. The van der Waals surface area contributed by atoms with Gasteiger partial charge in [0.15, 0.2) is 0 Å². The van der Waals surface area contributed by atoms with E-state index in [4.69, 9.17) is 5.73 Å². The van der Waals surface area contributed by atoms with Crippen LogP contribution in [0.2, 0.25) is 0 Å². The molecule has 0 bridgehead atoms. The van der Waals surface area contributed by atoms with Crippen LogP contribution in [0.25, 0.3) is 10.9 Å². The Morgan fingerprint density at radius 3 is 2.92 bits per heavy atom. The molecule has 3 nitrogen and oxygen atoms in total. The number of nitrogens with zero attached hydrogens (tertiary/aromatic N) is 2. The van der Waals surface area contributed by atoms with Gasteiger partial charge in [-0.15, -0.1) is 0 Å². The van der Waals surface area contributed by atoms with E-state index in [9.17, 15) is 0 Å². The Morgan fingerprint density at radius 1 is 1.25 bits per heavy atom. The maximum absolute atomic E-state index is 5.61. The van der Waals surface area contributed by atoms with Crippen LogP contribution in [0.15, 0.2) is 24.5 Å². The molecule has 0 atom stereocenters. The Morgan fingerprint density at radius 2 is 2.08 bits per heavy atom. The van der Waals surface area contributed by atoms with Gasteiger partial charge in [0.05, 0.1) is 5.52 Å². The highest BCUT2D eigenvalue weighted by Crippen LogP contribution is 2.16. The molecule has 0 amide bonds. The third kappa shape index (κ3) is 0.993. The number of fused-ring (bicyclic) bond motifs is 1. The van der Waals surface area contributed by atoms with Crippen LogP contribution in [0.1, 0.15) is 5.69 Å². The lowest BCUT2D eigenvalue weighted by Crippen LogP contribution is -1.89. The minimum Gasteiger partial charge on any atom is -0.399 e. The summed E-state index contributed by atoms with van der Waals surface area (Å²) >= 11 is 0. The first-order chi connectivity index (χ1) is 5.77. The normalized spacial score (nSPS) is 10.4. The zero-order chi connectivity index (χ0) is 8.55. The van der Waals surface area contributed by atoms with Crippen molar-refractivity contribution in [3.8, 4) is 0 Å². The van der Waals surface area contributed by atoms with Crippen molar-refractivity contribution in [3.05, 3.63) is 30.2 Å². The molecule has 0 spiro atoms. The fourth-order valence-corrected chi connectivity index (χ4v) is 1.21. The van der Waals surface area contributed by atoms with E-state index in [0.717, 1.165) is 22.3 Å². The van der Waals surface area contributed by atoms with Gasteiger partial charge in [0.1, 0.15) is 6.33 Å². The predicted octanol–water partition coefficient (Wildman–Crippen LogP) is 1.52. The Labute approximate surface area is 70.3 Å². The van der Waals surface area contributed by atoms with Crippen LogP contribution < -0.4 is 5.73 Å². The molecule has 0 aliphatic heterocycles. The summed E-state index contributed by atoms with van der Waals surface area (Å²) in [6.45, 7) is 1.96. The van der Waals surface area contributed by atoms with Gasteiger partial charge in [0.2, 0.25) is 0 Å². The van der Waals surface area contributed by atoms with Crippen molar-refractivity contribution in [2.75, 3.05) is 5.73 Å². The zero-order valence-electron chi connectivity index (χ0n) is 6.78. The molecule has 0 aliphatic carbocycles. The minimum absolute atomic E-state index is 0.737. The average molecular weight is 159 g/mol. The molecule has 1 heterocycles. The van der Waals surface area contributed by atoms with Gasteiger partial charge in [-0.3, -0.25) is 0 Å². The van der Waals surface area contributed by atoms with E-state index < -0.39 is 0 Å². The number of aromatic nitrogens is 2. The molecule has 0 unspecified atom stereocenters. The van der Waals surface area contributed by atoms with Crippen molar-refractivity contribution in [1.82, 2.24) is 9.97 Å². The van der Waals surface area contributed by atoms with Crippen molar-refractivity contribution in [1.29, 1.82) is 0 Å². The lowest BCUT2D eigenvalue weighted by Gasteiger charge is -1.99. The first kappa shape index (κ1) is 7.03. The highest BCUT2D eigenvalue weighted by atomic mass is 14.8. The van der Waals surface area contributed by atoms with E-state index in [1.165, 1.54) is 0 Å². The van der Waals surface area contributed by atoms with E-state index in [0.29, 0.717) is 0 Å². The highest BCUT2D eigenvalue weighted by Gasteiger charge is 1.97. The van der Waals surface area contributed by atoms with Crippen LogP contribution in [0.3, 0.4) is 0 Å². The fraction of sp³-hybridized carbons (Fsp3) is 0.111. The van der Waals surface area contributed by atoms with Gasteiger partial charge >= 0.3 is 0 Å². The molecule has 2 N–H and O–H groups in total. The summed E-state index contributed by atoms with van der Waals surface area (Å²) in [6.07, 6.45) is 1.55. The van der Waals surface area contributed by atoms with E-state index in [2.05, 4.69) is 9.97 Å². The summed E-state index contributed by atoms with van der Waals surface area (Å²) in [5.74, 6) is 0. The Hall–Kier alpha value is -1.64. The first-order valence-corrected chi connectivity index (χ1v) is 3.74. The van der Waals surface area contributed by atoms with Crippen molar-refractivity contribution in [2.45, 2.75) is 6.92 Å². The second-order valence-corrected chi connectivity index (χ2v) is 2.74. The summed E-state index contributed by atoms with van der Waals surface area (Å²) < 4.78 is 0. The lowest BCUT2D eigenvalue weighted by atomic mass is 10.2. The van der Waals surface area contributed by atoms with Gasteiger partial charge in [-0.05, 0) is 25.1 Å². The molecule has 3 heteroatoms. The quantitative estimate of drug-likeness (QED) is 0.593. The van der Waals surface area contributed by atoms with Gasteiger partial charge in [-0.1, -0.05) is 0 Å². The predicted molar refractivity (Wildman–Crippen MR) is 48.7 cm³/mol. The Kier molecular flexibility index (Phi) is 1.43. The summed E-state index contributed by atoms with van der Waals surface area (Å²) in [5, 5.41) is 1.06. The maximum Gasteiger partial charge on any atom is 0.116 e. The maximum atomic E-state index is 5.61. The molecule has 0 fully saturated rings. The summed E-state index contributed by atoms with van der Waals surface area (Å²) in [4.78, 5) is 8.20. The van der Waals surface area contributed by atoms with Gasteiger partial charge in [-0.2, -0.15) is 0 Å². The molecule has 0 saturated carbocycles. The topological polar surface area (TPSA) is 51.8 Å². The Bertz CT molecular complexity index is 423. The standard InChI is InChI=1S/C9H9N3/c1-6-8-3-2-7(10)4-9(8)12-5-11-6/h2-5H,10H2,1H3. The van der Waals surface area contributed by atoms with E-state index in [1.807, 2.05) is 25.1 Å². The SMILES string of the molecule is Cc1ncnc2cc(N)ccc12. The van der Waals surface area contributed by atoms with Crippen LogP contribution in [0.4, 0.5) is 5.69 Å². The third-order valence-electron chi connectivity index (χ3n) is 1.86. The molecule has 12 heavy (non-hydrogen) atoms. The van der Waals surface area contributed by atoms with E-state index >= 15 is 0 Å². The number of hydrogen-bond acceptors (Lipinski definition) is 3. The number of aryl methyl sites for hydroxylation is 1. The third-order valence-corrected chi connectivity index (χ3v) is 1.86. The van der Waals surface area contributed by atoms with Crippen molar-refractivity contribution in [2.24, 2.45) is 0 Å².